The molecule has 208 valence electrons. The van der Waals surface area contributed by atoms with Gasteiger partial charge in [-0.2, -0.15) is 0 Å². The molecule has 4 aromatic heterocycles. The molecule has 4 heterocycles. The molecule has 1 aromatic carbocycles. The van der Waals surface area contributed by atoms with E-state index in [1.165, 1.54) is 41.2 Å². The highest BCUT2D eigenvalue weighted by atomic mass is 19.2. The van der Waals surface area contributed by atoms with Gasteiger partial charge in [0.05, 0.1) is 19.2 Å². The Labute approximate surface area is 231 Å². The van der Waals surface area contributed by atoms with Crippen LogP contribution in [0.4, 0.5) is 8.78 Å². The maximum Gasteiger partial charge on any atom is 0.308 e. The Kier molecular flexibility index (Phi) is 7.81. The number of carbonyl (C=O) groups excluding carboxylic acids is 2. The van der Waals surface area contributed by atoms with Crippen molar-refractivity contribution in [2.24, 2.45) is 0 Å². The lowest BCUT2D eigenvalue weighted by Crippen LogP contribution is -2.36. The van der Waals surface area contributed by atoms with Crippen LogP contribution in [0.15, 0.2) is 89.1 Å². The van der Waals surface area contributed by atoms with Gasteiger partial charge >= 0.3 is 5.97 Å². The van der Waals surface area contributed by atoms with E-state index in [9.17, 15) is 23.2 Å². The molecule has 0 spiro atoms. The largest absolute Gasteiger partial charge is 0.461 e. The second kappa shape index (κ2) is 11.8. The number of amides is 1. The van der Waals surface area contributed by atoms with Crippen molar-refractivity contribution in [1.82, 2.24) is 24.8 Å². The first kappa shape index (κ1) is 27.2. The number of benzene rings is 1. The van der Waals surface area contributed by atoms with Crippen molar-refractivity contribution in [1.29, 1.82) is 0 Å². The molecule has 2 N–H and O–H groups in total. The van der Waals surface area contributed by atoms with Crippen molar-refractivity contribution in [3.8, 4) is 11.3 Å². The number of oxazole rings is 1. The maximum absolute atomic E-state index is 13.7. The molecule has 41 heavy (non-hydrogen) atoms. The van der Waals surface area contributed by atoms with Crippen LogP contribution in [0.5, 0.6) is 0 Å². The number of halogens is 2. The molecular formula is C29H23F2N5O5. The summed E-state index contributed by atoms with van der Waals surface area (Å²) in [4.78, 5) is 50.4. The Morgan fingerprint density at radius 1 is 1.17 bits per heavy atom. The van der Waals surface area contributed by atoms with Crippen LogP contribution in [0.1, 0.15) is 34.3 Å². The molecule has 1 atom stereocenters. The zero-order chi connectivity index (χ0) is 28.9. The minimum Gasteiger partial charge on any atom is -0.461 e. The van der Waals surface area contributed by atoms with Gasteiger partial charge in [0.2, 0.25) is 5.89 Å². The summed E-state index contributed by atoms with van der Waals surface area (Å²) in [7, 11) is 0. The first-order valence-electron chi connectivity index (χ1n) is 12.4. The van der Waals surface area contributed by atoms with Crippen LogP contribution in [0.25, 0.3) is 22.4 Å². The predicted molar refractivity (Wildman–Crippen MR) is 144 cm³/mol. The zero-order valence-electron chi connectivity index (χ0n) is 21.5. The molecule has 0 aliphatic rings. The summed E-state index contributed by atoms with van der Waals surface area (Å²) >= 11 is 0. The Balaban J connectivity index is 1.41. The van der Waals surface area contributed by atoms with Gasteiger partial charge in [0.15, 0.2) is 17.4 Å². The van der Waals surface area contributed by atoms with Gasteiger partial charge in [0.1, 0.15) is 23.9 Å². The van der Waals surface area contributed by atoms with Crippen molar-refractivity contribution in [3.63, 3.8) is 0 Å². The molecule has 0 unspecified atom stereocenters. The summed E-state index contributed by atoms with van der Waals surface area (Å²) in [5, 5.41) is 3.42. The van der Waals surface area contributed by atoms with Crippen molar-refractivity contribution >= 4 is 22.9 Å². The van der Waals surface area contributed by atoms with E-state index in [4.69, 9.17) is 9.15 Å². The number of pyridine rings is 2. The minimum atomic E-state index is -1.09. The number of carbonyl (C=O) groups is 2. The highest BCUT2D eigenvalue weighted by Gasteiger charge is 2.26. The molecule has 0 bridgehead atoms. The molecular weight excluding hydrogens is 536 g/mol. The first-order chi connectivity index (χ1) is 19.8. The highest BCUT2D eigenvalue weighted by molar-refractivity contribution is 5.94. The third-order valence-corrected chi connectivity index (χ3v) is 6.18. The Hall–Kier alpha value is -5.39. The number of nitrogens with zero attached hydrogens (tertiary/aromatic N) is 3. The second-order valence-corrected chi connectivity index (χ2v) is 8.97. The molecule has 0 aliphatic carbocycles. The van der Waals surface area contributed by atoms with Gasteiger partial charge in [-0.3, -0.25) is 14.4 Å². The number of aromatic amines is 1. The van der Waals surface area contributed by atoms with E-state index in [1.807, 2.05) is 6.07 Å². The van der Waals surface area contributed by atoms with Crippen LogP contribution in [-0.4, -0.2) is 38.0 Å². The number of rotatable bonds is 10. The smallest absolute Gasteiger partial charge is 0.308 e. The third kappa shape index (κ3) is 5.96. The van der Waals surface area contributed by atoms with E-state index in [0.717, 1.165) is 17.5 Å². The summed E-state index contributed by atoms with van der Waals surface area (Å²) in [5.41, 5.74) is 0.721. The number of hydrogen-bond donors (Lipinski definition) is 2. The SMILES string of the molecule is C=CCOC(=O)C[C@@H](NC(=O)c1cccn(Cc2ccc(F)c(F)c2)c1=O)c1ncc(-c2c[nH]c3ncccc23)o1. The summed E-state index contributed by atoms with van der Waals surface area (Å²) in [6.45, 7) is 3.37. The highest BCUT2D eigenvalue weighted by Crippen LogP contribution is 2.30. The molecule has 10 nitrogen and oxygen atoms in total. The normalized spacial score (nSPS) is 11.8. The quantitative estimate of drug-likeness (QED) is 0.193. The first-order valence-corrected chi connectivity index (χ1v) is 12.4. The Morgan fingerprint density at radius 2 is 2.02 bits per heavy atom. The average molecular weight is 560 g/mol. The fraction of sp³-hybridized carbons (Fsp3) is 0.138. The van der Waals surface area contributed by atoms with Gasteiger partial charge in [-0.1, -0.05) is 18.7 Å². The van der Waals surface area contributed by atoms with E-state index < -0.39 is 35.1 Å². The predicted octanol–water partition coefficient (Wildman–Crippen LogP) is 4.30. The van der Waals surface area contributed by atoms with E-state index in [1.54, 1.807) is 18.5 Å². The molecule has 0 saturated heterocycles. The number of aromatic nitrogens is 4. The van der Waals surface area contributed by atoms with Gasteiger partial charge in [-0.05, 0) is 42.0 Å². The van der Waals surface area contributed by atoms with E-state index in [-0.39, 0.29) is 31.0 Å². The van der Waals surface area contributed by atoms with Crippen LogP contribution in [0.2, 0.25) is 0 Å². The van der Waals surface area contributed by atoms with Gasteiger partial charge in [0, 0.05) is 29.5 Å². The molecule has 0 fully saturated rings. The van der Waals surface area contributed by atoms with Gasteiger partial charge in [0.25, 0.3) is 11.5 Å². The van der Waals surface area contributed by atoms with Crippen LogP contribution in [-0.2, 0) is 16.1 Å². The lowest BCUT2D eigenvalue weighted by Gasteiger charge is -2.15. The topological polar surface area (TPSA) is 132 Å². The Bertz CT molecular complexity index is 1810. The van der Waals surface area contributed by atoms with E-state index in [0.29, 0.717) is 22.5 Å². The van der Waals surface area contributed by atoms with Crippen LogP contribution in [0.3, 0.4) is 0 Å². The summed E-state index contributed by atoms with van der Waals surface area (Å²) < 4.78 is 39.2. The molecule has 0 saturated carbocycles. The van der Waals surface area contributed by atoms with Crippen molar-refractivity contribution in [2.75, 3.05) is 6.61 Å². The Morgan fingerprint density at radius 3 is 2.83 bits per heavy atom. The monoisotopic (exact) mass is 559 g/mol. The summed E-state index contributed by atoms with van der Waals surface area (Å²) in [5.74, 6) is -3.14. The molecule has 0 aliphatic heterocycles. The van der Waals surface area contributed by atoms with E-state index in [2.05, 4.69) is 26.8 Å². The van der Waals surface area contributed by atoms with E-state index >= 15 is 0 Å². The van der Waals surface area contributed by atoms with Crippen LogP contribution >= 0.6 is 0 Å². The standard InChI is InChI=1S/C29H23F2N5O5/c1-2-11-40-25(37)13-23(28-34-15-24(41-28)20-14-33-26-18(20)5-3-9-32-26)35-27(38)19-6-4-10-36(29(19)39)16-17-7-8-21(30)22(31)12-17/h2-10,12,14-15,23H,1,11,13,16H2,(H,32,33)(H,35,38)/t23-/m1/s1. The van der Waals surface area contributed by atoms with Crippen molar-refractivity contribution in [3.05, 3.63) is 119 Å². The third-order valence-electron chi connectivity index (χ3n) is 6.18. The number of esters is 1. The molecule has 5 aromatic rings. The summed E-state index contributed by atoms with van der Waals surface area (Å²) in [6.07, 6.45) is 7.28. The van der Waals surface area contributed by atoms with Gasteiger partial charge in [-0.15, -0.1) is 0 Å². The van der Waals surface area contributed by atoms with Crippen molar-refractivity contribution in [2.45, 2.75) is 19.0 Å². The van der Waals surface area contributed by atoms with Gasteiger partial charge < -0.3 is 24.0 Å². The maximum atomic E-state index is 13.7. The fourth-order valence-electron chi connectivity index (χ4n) is 4.22. The molecule has 5 rings (SSSR count). The fourth-order valence-corrected chi connectivity index (χ4v) is 4.22. The van der Waals surface area contributed by atoms with Crippen LogP contribution < -0.4 is 10.9 Å². The van der Waals surface area contributed by atoms with Crippen LogP contribution in [0, 0.1) is 11.6 Å². The lowest BCUT2D eigenvalue weighted by atomic mass is 10.1. The number of nitrogens with one attached hydrogen (secondary N) is 2. The summed E-state index contributed by atoms with van der Waals surface area (Å²) in [6, 6.07) is 8.59. The lowest BCUT2D eigenvalue weighted by molar-refractivity contribution is -0.143. The number of fused-ring (bicyclic) bond motifs is 1. The average Bonchev–Trinajstić information content (AvgIpc) is 3.62. The second-order valence-electron chi connectivity index (χ2n) is 8.97. The number of ether oxygens (including phenoxy) is 1. The number of H-pyrrole nitrogens is 1. The zero-order valence-corrected chi connectivity index (χ0v) is 21.5. The number of hydrogen-bond acceptors (Lipinski definition) is 7. The minimum absolute atomic E-state index is 0.0141. The van der Waals surface area contributed by atoms with Crippen molar-refractivity contribution < 1.29 is 27.5 Å². The molecule has 0 radical (unpaired) electrons. The molecule has 1 amide bonds. The van der Waals surface area contributed by atoms with Gasteiger partial charge in [-0.25, -0.2) is 18.7 Å². The molecule has 12 heteroatoms.